The SMILES string of the molecule is Cc1nc2ccccc2nc1N1CCC[C@@H]1C(=O)NCc1ccco1. The van der Waals surface area contributed by atoms with E-state index in [-0.39, 0.29) is 11.9 Å². The molecule has 1 aliphatic rings. The molecule has 1 atom stereocenters. The van der Waals surface area contributed by atoms with Crippen LogP contribution in [0.2, 0.25) is 0 Å². The van der Waals surface area contributed by atoms with Crippen LogP contribution in [0.1, 0.15) is 24.3 Å². The fourth-order valence-corrected chi connectivity index (χ4v) is 3.35. The predicted molar refractivity (Wildman–Crippen MR) is 95.2 cm³/mol. The Morgan fingerprint density at radius 2 is 2.04 bits per heavy atom. The maximum Gasteiger partial charge on any atom is 0.243 e. The van der Waals surface area contributed by atoms with Gasteiger partial charge in [-0.1, -0.05) is 12.1 Å². The van der Waals surface area contributed by atoms with Crippen molar-refractivity contribution in [1.29, 1.82) is 0 Å². The summed E-state index contributed by atoms with van der Waals surface area (Å²) in [5, 5.41) is 2.96. The normalized spacial score (nSPS) is 17.2. The number of furan rings is 1. The standard InChI is InChI=1S/C19H20N4O2/c1-13-18(22-16-8-3-2-7-15(16)21-13)23-10-4-9-17(23)19(24)20-12-14-6-5-11-25-14/h2-3,5-8,11,17H,4,9-10,12H2,1H3,(H,20,24)/t17-/m1/s1. The summed E-state index contributed by atoms with van der Waals surface area (Å²) in [6.07, 6.45) is 3.39. The molecule has 0 radical (unpaired) electrons. The highest BCUT2D eigenvalue weighted by atomic mass is 16.3. The molecule has 1 aliphatic heterocycles. The zero-order chi connectivity index (χ0) is 17.2. The maximum absolute atomic E-state index is 12.7. The zero-order valence-electron chi connectivity index (χ0n) is 14.1. The van der Waals surface area contributed by atoms with Crippen molar-refractivity contribution in [2.75, 3.05) is 11.4 Å². The van der Waals surface area contributed by atoms with Crippen LogP contribution in [0.15, 0.2) is 47.1 Å². The molecule has 6 heteroatoms. The van der Waals surface area contributed by atoms with Crippen LogP contribution in [-0.2, 0) is 11.3 Å². The van der Waals surface area contributed by atoms with Gasteiger partial charge in [-0.3, -0.25) is 4.79 Å². The third-order valence-corrected chi connectivity index (χ3v) is 4.56. The molecule has 0 saturated carbocycles. The zero-order valence-corrected chi connectivity index (χ0v) is 14.1. The molecule has 6 nitrogen and oxygen atoms in total. The first kappa shape index (κ1) is 15.6. The number of aryl methyl sites for hydroxylation is 1. The van der Waals surface area contributed by atoms with Crippen molar-refractivity contribution >= 4 is 22.8 Å². The van der Waals surface area contributed by atoms with E-state index in [1.165, 1.54) is 0 Å². The maximum atomic E-state index is 12.7. The molecule has 25 heavy (non-hydrogen) atoms. The van der Waals surface area contributed by atoms with Crippen molar-refractivity contribution in [2.24, 2.45) is 0 Å². The van der Waals surface area contributed by atoms with E-state index in [1.54, 1.807) is 6.26 Å². The minimum atomic E-state index is -0.218. The molecule has 1 saturated heterocycles. The molecule has 128 valence electrons. The third kappa shape index (κ3) is 3.07. The lowest BCUT2D eigenvalue weighted by molar-refractivity contribution is -0.122. The van der Waals surface area contributed by atoms with Gasteiger partial charge in [-0.05, 0) is 44.0 Å². The minimum Gasteiger partial charge on any atom is -0.467 e. The minimum absolute atomic E-state index is 0.00302. The quantitative estimate of drug-likeness (QED) is 0.793. The van der Waals surface area contributed by atoms with Crippen molar-refractivity contribution in [3.63, 3.8) is 0 Å². The van der Waals surface area contributed by atoms with Crippen LogP contribution in [0.5, 0.6) is 0 Å². The fraction of sp³-hybridized carbons (Fsp3) is 0.316. The first-order valence-electron chi connectivity index (χ1n) is 8.52. The summed E-state index contributed by atoms with van der Waals surface area (Å²) in [6, 6.07) is 11.3. The van der Waals surface area contributed by atoms with Gasteiger partial charge in [0.15, 0.2) is 5.82 Å². The first-order chi connectivity index (χ1) is 12.2. The van der Waals surface area contributed by atoms with Gasteiger partial charge in [-0.15, -0.1) is 0 Å². The van der Waals surface area contributed by atoms with E-state index >= 15 is 0 Å². The van der Waals surface area contributed by atoms with Crippen molar-refractivity contribution < 1.29 is 9.21 Å². The van der Waals surface area contributed by atoms with E-state index in [0.29, 0.717) is 6.54 Å². The Kier molecular flexibility index (Phi) is 4.09. The second kappa shape index (κ2) is 6.55. The summed E-state index contributed by atoms with van der Waals surface area (Å²) in [5.41, 5.74) is 2.58. The summed E-state index contributed by atoms with van der Waals surface area (Å²) in [7, 11) is 0. The van der Waals surface area contributed by atoms with Crippen molar-refractivity contribution in [3.05, 3.63) is 54.1 Å². The Labute approximate surface area is 145 Å². The van der Waals surface area contributed by atoms with Gasteiger partial charge in [0.2, 0.25) is 5.91 Å². The van der Waals surface area contributed by atoms with Crippen LogP contribution in [0.3, 0.4) is 0 Å². The van der Waals surface area contributed by atoms with Crippen LogP contribution in [0, 0.1) is 6.92 Å². The summed E-state index contributed by atoms with van der Waals surface area (Å²) in [4.78, 5) is 24.1. The smallest absolute Gasteiger partial charge is 0.243 e. The molecule has 1 N–H and O–H groups in total. The van der Waals surface area contributed by atoms with Crippen molar-refractivity contribution in [2.45, 2.75) is 32.4 Å². The van der Waals surface area contributed by atoms with Crippen LogP contribution >= 0.6 is 0 Å². The van der Waals surface area contributed by atoms with Gasteiger partial charge < -0.3 is 14.6 Å². The highest BCUT2D eigenvalue weighted by molar-refractivity contribution is 5.86. The molecule has 0 spiro atoms. The molecule has 1 amide bonds. The fourth-order valence-electron chi connectivity index (χ4n) is 3.35. The van der Waals surface area contributed by atoms with Crippen molar-refractivity contribution in [3.8, 4) is 0 Å². The van der Waals surface area contributed by atoms with E-state index < -0.39 is 0 Å². The van der Waals surface area contributed by atoms with Gasteiger partial charge in [-0.2, -0.15) is 0 Å². The monoisotopic (exact) mass is 336 g/mol. The summed E-state index contributed by atoms with van der Waals surface area (Å²) in [5.74, 6) is 1.55. The Balaban J connectivity index is 1.56. The summed E-state index contributed by atoms with van der Waals surface area (Å²) >= 11 is 0. The number of nitrogens with zero attached hydrogens (tertiary/aromatic N) is 3. The van der Waals surface area contributed by atoms with Gasteiger partial charge >= 0.3 is 0 Å². The number of nitrogens with one attached hydrogen (secondary N) is 1. The Morgan fingerprint density at radius 3 is 2.80 bits per heavy atom. The molecule has 2 aromatic heterocycles. The number of carbonyl (C=O) groups is 1. The van der Waals surface area contributed by atoms with Gasteiger partial charge in [-0.25, -0.2) is 9.97 Å². The number of rotatable bonds is 4. The molecule has 4 rings (SSSR count). The molecule has 3 aromatic rings. The molecule has 0 bridgehead atoms. The molecular weight excluding hydrogens is 316 g/mol. The number of fused-ring (bicyclic) bond motifs is 1. The van der Waals surface area contributed by atoms with Gasteiger partial charge in [0, 0.05) is 6.54 Å². The van der Waals surface area contributed by atoms with E-state index in [9.17, 15) is 4.79 Å². The largest absolute Gasteiger partial charge is 0.467 e. The topological polar surface area (TPSA) is 71.3 Å². The highest BCUT2D eigenvalue weighted by Crippen LogP contribution is 2.27. The molecule has 0 aliphatic carbocycles. The second-order valence-corrected chi connectivity index (χ2v) is 6.27. The number of hydrogen-bond acceptors (Lipinski definition) is 5. The number of carbonyl (C=O) groups excluding carboxylic acids is 1. The van der Waals surface area contributed by atoms with E-state index in [4.69, 9.17) is 9.40 Å². The Bertz CT molecular complexity index is 892. The summed E-state index contributed by atoms with van der Waals surface area (Å²) in [6.45, 7) is 3.16. The number of hydrogen-bond donors (Lipinski definition) is 1. The lowest BCUT2D eigenvalue weighted by Crippen LogP contribution is -2.43. The number of amides is 1. The van der Waals surface area contributed by atoms with E-state index in [0.717, 1.165) is 47.7 Å². The highest BCUT2D eigenvalue weighted by Gasteiger charge is 2.32. The summed E-state index contributed by atoms with van der Waals surface area (Å²) < 4.78 is 5.27. The van der Waals surface area contributed by atoms with Gasteiger partial charge in [0.1, 0.15) is 11.8 Å². The molecule has 1 fully saturated rings. The average molecular weight is 336 g/mol. The third-order valence-electron chi connectivity index (χ3n) is 4.56. The number of aromatic nitrogens is 2. The second-order valence-electron chi connectivity index (χ2n) is 6.27. The first-order valence-corrected chi connectivity index (χ1v) is 8.52. The number of para-hydroxylation sites is 2. The Hall–Kier alpha value is -2.89. The lowest BCUT2D eigenvalue weighted by atomic mass is 10.2. The lowest BCUT2D eigenvalue weighted by Gasteiger charge is -2.26. The van der Waals surface area contributed by atoms with Gasteiger partial charge in [0.25, 0.3) is 0 Å². The van der Waals surface area contributed by atoms with Gasteiger partial charge in [0.05, 0.1) is 29.5 Å². The molecular formula is C19H20N4O2. The average Bonchev–Trinajstić information content (AvgIpc) is 3.30. The van der Waals surface area contributed by atoms with Crippen LogP contribution in [-0.4, -0.2) is 28.5 Å². The Morgan fingerprint density at radius 1 is 1.24 bits per heavy atom. The van der Waals surface area contributed by atoms with E-state index in [2.05, 4.69) is 15.2 Å². The van der Waals surface area contributed by atoms with Crippen molar-refractivity contribution in [1.82, 2.24) is 15.3 Å². The molecule has 1 aromatic carbocycles. The predicted octanol–water partition coefficient (Wildman–Crippen LogP) is 2.82. The molecule has 0 unspecified atom stereocenters. The van der Waals surface area contributed by atoms with Crippen LogP contribution in [0.25, 0.3) is 11.0 Å². The number of benzene rings is 1. The van der Waals surface area contributed by atoms with E-state index in [1.807, 2.05) is 43.3 Å². The van der Waals surface area contributed by atoms with Crippen LogP contribution in [0.4, 0.5) is 5.82 Å². The van der Waals surface area contributed by atoms with Crippen LogP contribution < -0.4 is 10.2 Å². The molecule has 3 heterocycles. The number of anilines is 1.